The van der Waals surface area contributed by atoms with Gasteiger partial charge in [-0.15, -0.1) is 0 Å². The maximum atomic E-state index is 13.3. The smallest absolute Gasteiger partial charge is 0.435 e. The minimum absolute atomic E-state index is 0.0790. The van der Waals surface area contributed by atoms with Crippen LogP contribution in [-0.2, 0) is 19.0 Å². The van der Waals surface area contributed by atoms with Gasteiger partial charge in [0.1, 0.15) is 0 Å². The lowest BCUT2D eigenvalue weighted by Crippen LogP contribution is -2.28. The maximum Gasteiger partial charge on any atom is 0.435 e. The average Bonchev–Trinajstić information content (AvgIpc) is 2.87. The van der Waals surface area contributed by atoms with E-state index in [9.17, 15) is 31.5 Å². The summed E-state index contributed by atoms with van der Waals surface area (Å²) in [7, 11) is 1.06. The Labute approximate surface area is 160 Å². The maximum absolute atomic E-state index is 13.3. The van der Waals surface area contributed by atoms with Crippen LogP contribution in [0.1, 0.15) is 36.6 Å². The molecule has 0 aliphatic carbocycles. The third-order valence-corrected chi connectivity index (χ3v) is 4.70. The lowest BCUT2D eigenvalue weighted by molar-refractivity contribution is -0.645. The number of halogens is 6. The fourth-order valence-electron chi connectivity index (χ4n) is 2.33. The number of hydrogen-bond acceptors (Lipinski definition) is 4. The van der Waals surface area contributed by atoms with Gasteiger partial charge in [-0.1, -0.05) is 25.6 Å². The highest BCUT2D eigenvalue weighted by molar-refractivity contribution is 7.98. The molecule has 0 fully saturated rings. The van der Waals surface area contributed by atoms with Crippen molar-refractivity contribution in [3.05, 3.63) is 40.4 Å². The van der Waals surface area contributed by atoms with Crippen molar-refractivity contribution >= 4 is 11.8 Å². The predicted molar refractivity (Wildman–Crippen MR) is 88.8 cm³/mol. The van der Waals surface area contributed by atoms with Gasteiger partial charge in [-0.3, -0.25) is 0 Å². The number of thioether (sulfide) groups is 1. The Morgan fingerprint density at radius 1 is 1.25 bits per heavy atom. The van der Waals surface area contributed by atoms with Gasteiger partial charge in [-0.25, -0.2) is 4.68 Å². The van der Waals surface area contributed by atoms with Gasteiger partial charge < -0.3 is 9.94 Å². The third kappa shape index (κ3) is 5.46. The summed E-state index contributed by atoms with van der Waals surface area (Å²) >= 11 is 0.759. The molecule has 0 unspecified atom stereocenters. The molecule has 0 aromatic carbocycles. The summed E-state index contributed by atoms with van der Waals surface area (Å²) in [5, 5.41) is 15.3. The number of aromatic nitrogens is 3. The van der Waals surface area contributed by atoms with Crippen LogP contribution in [0.4, 0.5) is 26.3 Å². The summed E-state index contributed by atoms with van der Waals surface area (Å²) in [6.07, 6.45) is -8.38. The Morgan fingerprint density at radius 3 is 2.43 bits per heavy atom. The van der Waals surface area contributed by atoms with Crippen molar-refractivity contribution in [2.24, 2.45) is 7.05 Å². The van der Waals surface area contributed by atoms with E-state index in [1.165, 1.54) is 12.3 Å². The summed E-state index contributed by atoms with van der Waals surface area (Å²) in [4.78, 5) is 0. The molecule has 2 aromatic heterocycles. The monoisotopic (exact) mass is 429 g/mol. The second kappa shape index (κ2) is 8.10. The zero-order valence-electron chi connectivity index (χ0n) is 15.1. The summed E-state index contributed by atoms with van der Waals surface area (Å²) in [5.41, 5.74) is -1.11. The molecule has 2 rings (SSSR count). The molecule has 156 valence electrons. The Kier molecular flexibility index (Phi) is 6.41. The summed E-state index contributed by atoms with van der Waals surface area (Å²) < 4.78 is 82.8. The molecule has 0 atom stereocenters. The molecule has 0 saturated carbocycles. The van der Waals surface area contributed by atoms with Crippen LogP contribution < -0.4 is 9.47 Å². The van der Waals surface area contributed by atoms with E-state index in [-0.39, 0.29) is 10.9 Å². The van der Waals surface area contributed by atoms with Crippen molar-refractivity contribution in [1.29, 1.82) is 0 Å². The number of nitrogens with zero attached hydrogens (tertiary/aromatic N) is 3. The number of pyridine rings is 1. The molecule has 2 heterocycles. The highest BCUT2D eigenvalue weighted by Crippen LogP contribution is 2.38. The van der Waals surface area contributed by atoms with Gasteiger partial charge in [0, 0.05) is 24.9 Å². The standard InChI is InChI=1S/C16H17F6N3O2S/c1-9(2)10-4-5-25(26)12(6-10)28-7-11-13(16(20,21)22)23-24(3)14(11)27-8-15(17,18)19/h4-6,9H,7-8H2,1-3H3. The predicted octanol–water partition coefficient (Wildman–Crippen LogP) is 4.43. The molecule has 0 spiro atoms. The molecule has 12 heteroatoms. The minimum Gasteiger partial charge on any atom is -0.618 e. The number of hydrogen-bond donors (Lipinski definition) is 0. The topological polar surface area (TPSA) is 54.0 Å². The van der Waals surface area contributed by atoms with E-state index >= 15 is 0 Å². The van der Waals surface area contributed by atoms with E-state index in [1.807, 2.05) is 13.8 Å². The minimum atomic E-state index is -4.89. The molecule has 0 radical (unpaired) electrons. The molecule has 0 amide bonds. The van der Waals surface area contributed by atoms with Crippen LogP contribution in [0.15, 0.2) is 23.4 Å². The van der Waals surface area contributed by atoms with Crippen molar-refractivity contribution < 1.29 is 35.8 Å². The zero-order chi connectivity index (χ0) is 21.3. The van der Waals surface area contributed by atoms with Crippen molar-refractivity contribution in [3.8, 4) is 5.88 Å². The first kappa shape index (κ1) is 22.2. The number of alkyl halides is 6. The zero-order valence-corrected chi connectivity index (χ0v) is 15.9. The molecule has 0 aliphatic heterocycles. The van der Waals surface area contributed by atoms with Crippen LogP contribution in [0, 0.1) is 5.21 Å². The Hall–Kier alpha value is -2.11. The van der Waals surface area contributed by atoms with Crippen LogP contribution in [0.3, 0.4) is 0 Å². The fourth-order valence-corrected chi connectivity index (χ4v) is 3.29. The summed E-state index contributed by atoms with van der Waals surface area (Å²) in [6, 6.07) is 3.12. The summed E-state index contributed by atoms with van der Waals surface area (Å²) in [6.45, 7) is 2.00. The van der Waals surface area contributed by atoms with E-state index in [0.29, 0.717) is 9.41 Å². The van der Waals surface area contributed by atoms with Gasteiger partial charge >= 0.3 is 12.4 Å². The number of aryl methyl sites for hydroxylation is 1. The van der Waals surface area contributed by atoms with Crippen molar-refractivity contribution in [3.63, 3.8) is 0 Å². The van der Waals surface area contributed by atoms with Crippen LogP contribution in [0.2, 0.25) is 0 Å². The molecular weight excluding hydrogens is 412 g/mol. The highest BCUT2D eigenvalue weighted by atomic mass is 32.2. The molecule has 0 bridgehead atoms. The fraction of sp³-hybridized carbons (Fsp3) is 0.500. The molecular formula is C16H17F6N3O2S. The third-order valence-electron chi connectivity index (χ3n) is 3.67. The lowest BCUT2D eigenvalue weighted by Gasteiger charge is -2.12. The first-order valence-electron chi connectivity index (χ1n) is 7.98. The first-order valence-corrected chi connectivity index (χ1v) is 8.96. The Balaban J connectivity index is 2.36. The molecule has 2 aromatic rings. The lowest BCUT2D eigenvalue weighted by atomic mass is 10.1. The second-order valence-corrected chi connectivity index (χ2v) is 7.22. The van der Waals surface area contributed by atoms with Crippen LogP contribution in [-0.4, -0.2) is 22.6 Å². The van der Waals surface area contributed by atoms with Gasteiger partial charge in [-0.05, 0) is 11.5 Å². The van der Waals surface area contributed by atoms with E-state index in [2.05, 4.69) is 9.84 Å². The molecule has 28 heavy (non-hydrogen) atoms. The SMILES string of the molecule is CC(C)c1cc[n+]([O-])c(SCc2c(C(F)(F)F)nn(C)c2OCC(F)(F)F)c1. The normalized spacial score (nSPS) is 12.6. The van der Waals surface area contributed by atoms with Crippen molar-refractivity contribution in [2.75, 3.05) is 6.61 Å². The second-order valence-electron chi connectivity index (χ2n) is 6.23. The van der Waals surface area contributed by atoms with E-state index in [0.717, 1.165) is 24.4 Å². The summed E-state index contributed by atoms with van der Waals surface area (Å²) in [5.74, 6) is -1.01. The quantitative estimate of drug-likeness (QED) is 0.295. The molecule has 5 nitrogen and oxygen atoms in total. The first-order chi connectivity index (χ1) is 12.8. The van der Waals surface area contributed by atoms with Crippen LogP contribution >= 0.6 is 11.8 Å². The van der Waals surface area contributed by atoms with E-state index in [1.54, 1.807) is 6.07 Å². The molecule has 0 saturated heterocycles. The van der Waals surface area contributed by atoms with Gasteiger partial charge in [-0.2, -0.15) is 36.2 Å². The Morgan fingerprint density at radius 2 is 1.89 bits per heavy atom. The molecule has 0 aliphatic rings. The highest BCUT2D eigenvalue weighted by Gasteiger charge is 2.40. The van der Waals surface area contributed by atoms with E-state index < -0.39 is 41.8 Å². The largest absolute Gasteiger partial charge is 0.618 e. The van der Waals surface area contributed by atoms with Crippen LogP contribution in [0.25, 0.3) is 0 Å². The van der Waals surface area contributed by atoms with Gasteiger partial charge in [0.25, 0.3) is 5.03 Å². The van der Waals surface area contributed by atoms with Crippen molar-refractivity contribution in [2.45, 2.75) is 42.9 Å². The van der Waals surface area contributed by atoms with Crippen molar-refractivity contribution in [1.82, 2.24) is 9.78 Å². The van der Waals surface area contributed by atoms with E-state index in [4.69, 9.17) is 0 Å². The van der Waals surface area contributed by atoms with Gasteiger partial charge in [0.15, 0.2) is 18.5 Å². The number of rotatable bonds is 6. The Bertz CT molecular complexity index is 833. The van der Waals surface area contributed by atoms with Gasteiger partial charge in [0.2, 0.25) is 5.88 Å². The average molecular weight is 429 g/mol. The molecule has 0 N–H and O–H groups in total. The number of ether oxygens (including phenoxy) is 1. The van der Waals surface area contributed by atoms with Gasteiger partial charge in [0.05, 0.1) is 5.56 Å². The van der Waals surface area contributed by atoms with Crippen LogP contribution in [0.5, 0.6) is 5.88 Å².